The number of pyridine rings is 1. The molecule has 0 bridgehead atoms. The number of nitrogens with zero attached hydrogens (tertiary/aromatic N) is 2. The highest BCUT2D eigenvalue weighted by molar-refractivity contribution is 6.43. The molecule has 0 saturated carbocycles. The van der Waals surface area contributed by atoms with Crippen molar-refractivity contribution < 1.29 is 32.7 Å². The number of amides is 2. The average molecular weight is 361 g/mol. The molecule has 1 aliphatic heterocycles. The molecule has 9 nitrogen and oxygen atoms in total. The summed E-state index contributed by atoms with van der Waals surface area (Å²) in [4.78, 5) is 35.3. The normalized spacial score (nSPS) is 13.1. The van der Waals surface area contributed by atoms with Crippen molar-refractivity contribution in [2.75, 3.05) is 18.4 Å². The number of aliphatic carboxylic acids is 1. The van der Waals surface area contributed by atoms with Gasteiger partial charge in [0.2, 0.25) is 5.91 Å². The maximum Gasteiger partial charge on any atom is 0.490 e. The number of carboxylic acids is 1. The van der Waals surface area contributed by atoms with Gasteiger partial charge in [0.25, 0.3) is 5.91 Å². The van der Waals surface area contributed by atoms with Gasteiger partial charge in [-0.1, -0.05) is 6.07 Å². The molecule has 2 rings (SSSR count). The number of hydrazone groups is 1. The first-order valence-corrected chi connectivity index (χ1v) is 6.78. The summed E-state index contributed by atoms with van der Waals surface area (Å²) in [5.74, 6) is -2.59. The number of aromatic nitrogens is 1. The summed E-state index contributed by atoms with van der Waals surface area (Å²) in [6.07, 6.45) is -3.36. The van der Waals surface area contributed by atoms with Gasteiger partial charge >= 0.3 is 12.1 Å². The molecule has 0 fully saturated rings. The van der Waals surface area contributed by atoms with E-state index in [0.717, 1.165) is 5.82 Å². The zero-order valence-electron chi connectivity index (χ0n) is 12.6. The van der Waals surface area contributed by atoms with Crippen molar-refractivity contribution in [3.63, 3.8) is 0 Å². The largest absolute Gasteiger partial charge is 0.490 e. The lowest BCUT2D eigenvalue weighted by atomic mass is 10.2. The van der Waals surface area contributed by atoms with Gasteiger partial charge in [0.15, 0.2) is 0 Å². The molecule has 136 valence electrons. The third kappa shape index (κ3) is 7.76. The van der Waals surface area contributed by atoms with Gasteiger partial charge in [-0.25, -0.2) is 15.2 Å². The van der Waals surface area contributed by atoms with Crippen LogP contribution in [0.3, 0.4) is 0 Å². The van der Waals surface area contributed by atoms with E-state index in [1.54, 1.807) is 6.20 Å². The average Bonchev–Trinajstić information content (AvgIpc) is 2.99. The molecule has 12 heteroatoms. The molecule has 2 heterocycles. The Bertz CT molecular complexity index is 649. The van der Waals surface area contributed by atoms with Crippen molar-refractivity contribution in [3.8, 4) is 0 Å². The van der Waals surface area contributed by atoms with E-state index >= 15 is 0 Å². The van der Waals surface area contributed by atoms with Crippen LogP contribution in [-0.2, 0) is 14.4 Å². The van der Waals surface area contributed by atoms with Gasteiger partial charge in [0.1, 0.15) is 11.5 Å². The minimum atomic E-state index is -5.08. The number of anilines is 1. The number of nitrogens with one attached hydrogen (secondary N) is 3. The van der Waals surface area contributed by atoms with Gasteiger partial charge in [0.05, 0.1) is 6.42 Å². The molecule has 0 saturated heterocycles. The lowest BCUT2D eigenvalue weighted by Gasteiger charge is -2.06. The van der Waals surface area contributed by atoms with Gasteiger partial charge in [-0.3, -0.25) is 9.59 Å². The highest BCUT2D eigenvalue weighted by Gasteiger charge is 2.38. The van der Waals surface area contributed by atoms with E-state index in [2.05, 4.69) is 26.1 Å². The summed E-state index contributed by atoms with van der Waals surface area (Å²) >= 11 is 0. The summed E-state index contributed by atoms with van der Waals surface area (Å²) in [5.41, 5.74) is 2.45. The Morgan fingerprint density at radius 1 is 1.28 bits per heavy atom. The molecule has 2 amide bonds. The summed E-state index contributed by atoms with van der Waals surface area (Å²) in [6, 6.07) is 5.54. The quantitative estimate of drug-likeness (QED) is 0.551. The number of hydrogen-bond donors (Lipinski definition) is 4. The molecule has 1 aromatic rings. The second kappa shape index (κ2) is 9.20. The minimum absolute atomic E-state index is 0.0412. The van der Waals surface area contributed by atoms with Gasteiger partial charge in [-0.15, -0.1) is 0 Å². The van der Waals surface area contributed by atoms with Crippen molar-refractivity contribution in [3.05, 3.63) is 24.4 Å². The summed E-state index contributed by atoms with van der Waals surface area (Å²) in [6.45, 7) is 0.986. The number of carbonyl (C=O) groups is 3. The van der Waals surface area contributed by atoms with Crippen molar-refractivity contribution >= 4 is 29.3 Å². The van der Waals surface area contributed by atoms with Crippen LogP contribution in [0.4, 0.5) is 19.0 Å². The number of carbonyl (C=O) groups excluding carboxylic acids is 2. The standard InChI is InChI=1S/C11H13N5O2.C2HF3O2/c17-10-7-8(15-16-10)11(18)14-6-5-13-9-3-1-2-4-12-9;3-2(4,5)1(6)7/h1-4H,5-7H2,(H,12,13)(H,14,18)(H,16,17);(H,6,7). The first kappa shape index (κ1) is 19.9. The molecular formula is C13H14F3N5O4. The van der Waals surface area contributed by atoms with Crippen LogP contribution in [0.2, 0.25) is 0 Å². The molecule has 0 spiro atoms. The predicted octanol–water partition coefficient (Wildman–Crippen LogP) is 0.119. The molecule has 25 heavy (non-hydrogen) atoms. The fraction of sp³-hybridized carbons (Fsp3) is 0.308. The summed E-state index contributed by atoms with van der Waals surface area (Å²) in [5, 5.41) is 16.5. The Kier molecular flexibility index (Phi) is 7.31. The Balaban J connectivity index is 0.000000381. The Labute approximate surface area is 139 Å². The molecule has 0 aliphatic carbocycles. The third-order valence-electron chi connectivity index (χ3n) is 2.53. The summed E-state index contributed by atoms with van der Waals surface area (Å²) < 4.78 is 31.7. The fourth-order valence-corrected chi connectivity index (χ4v) is 1.43. The highest BCUT2D eigenvalue weighted by atomic mass is 19.4. The number of hydrogen-bond acceptors (Lipinski definition) is 6. The van der Waals surface area contributed by atoms with Crippen LogP contribution in [-0.4, -0.2) is 52.9 Å². The zero-order valence-corrected chi connectivity index (χ0v) is 12.6. The van der Waals surface area contributed by atoms with Gasteiger partial charge in [-0.05, 0) is 12.1 Å². The van der Waals surface area contributed by atoms with Crippen molar-refractivity contribution in [2.24, 2.45) is 5.10 Å². The van der Waals surface area contributed by atoms with Crippen molar-refractivity contribution in [1.82, 2.24) is 15.7 Å². The van der Waals surface area contributed by atoms with E-state index in [0.29, 0.717) is 13.1 Å². The molecule has 0 aromatic carbocycles. The van der Waals surface area contributed by atoms with Gasteiger partial charge in [-0.2, -0.15) is 18.3 Å². The van der Waals surface area contributed by atoms with Crippen molar-refractivity contribution in [1.29, 1.82) is 0 Å². The highest BCUT2D eigenvalue weighted by Crippen LogP contribution is 2.13. The van der Waals surface area contributed by atoms with Crippen LogP contribution in [0.15, 0.2) is 29.5 Å². The zero-order chi connectivity index (χ0) is 18.9. The van der Waals surface area contributed by atoms with E-state index in [-0.39, 0.29) is 23.9 Å². The van der Waals surface area contributed by atoms with Gasteiger partial charge in [0, 0.05) is 19.3 Å². The van der Waals surface area contributed by atoms with Crippen LogP contribution in [0.5, 0.6) is 0 Å². The molecule has 4 N–H and O–H groups in total. The second-order valence-corrected chi connectivity index (χ2v) is 4.47. The van der Waals surface area contributed by atoms with E-state index in [9.17, 15) is 22.8 Å². The van der Waals surface area contributed by atoms with Crippen LogP contribution in [0.25, 0.3) is 0 Å². The first-order chi connectivity index (χ1) is 11.7. The SMILES string of the molecule is O=C(O)C(F)(F)F.O=C1CC(C(=O)NCCNc2ccccn2)=NN1. The molecule has 0 unspecified atom stereocenters. The molecule has 1 aromatic heterocycles. The van der Waals surface area contributed by atoms with E-state index in [1.807, 2.05) is 18.2 Å². The van der Waals surface area contributed by atoms with Gasteiger partial charge < -0.3 is 15.7 Å². The smallest absolute Gasteiger partial charge is 0.475 e. The first-order valence-electron chi connectivity index (χ1n) is 6.78. The van der Waals surface area contributed by atoms with Crippen LogP contribution in [0.1, 0.15) is 6.42 Å². The number of rotatable bonds is 5. The second-order valence-electron chi connectivity index (χ2n) is 4.47. The fourth-order valence-electron chi connectivity index (χ4n) is 1.43. The maximum atomic E-state index is 11.5. The van der Waals surface area contributed by atoms with E-state index < -0.39 is 12.1 Å². The monoisotopic (exact) mass is 361 g/mol. The Morgan fingerprint density at radius 2 is 1.96 bits per heavy atom. The lowest BCUT2D eigenvalue weighted by molar-refractivity contribution is -0.192. The van der Waals surface area contributed by atoms with Crippen LogP contribution < -0.4 is 16.1 Å². The molecule has 0 radical (unpaired) electrons. The Morgan fingerprint density at radius 3 is 2.44 bits per heavy atom. The number of alkyl halides is 3. The topological polar surface area (TPSA) is 133 Å². The Hall–Kier alpha value is -3.18. The van der Waals surface area contributed by atoms with E-state index in [4.69, 9.17) is 9.90 Å². The maximum absolute atomic E-state index is 11.5. The molecule has 0 atom stereocenters. The van der Waals surface area contributed by atoms with E-state index in [1.165, 1.54) is 0 Å². The molecular weight excluding hydrogens is 347 g/mol. The molecule has 1 aliphatic rings. The third-order valence-corrected chi connectivity index (χ3v) is 2.53. The number of halogens is 3. The van der Waals surface area contributed by atoms with Crippen LogP contribution >= 0.6 is 0 Å². The van der Waals surface area contributed by atoms with Crippen molar-refractivity contribution in [2.45, 2.75) is 12.6 Å². The van der Waals surface area contributed by atoms with Crippen LogP contribution in [0, 0.1) is 0 Å². The minimum Gasteiger partial charge on any atom is -0.475 e. The summed E-state index contributed by atoms with van der Waals surface area (Å²) in [7, 11) is 0. The lowest BCUT2D eigenvalue weighted by Crippen LogP contribution is -2.34. The number of carboxylic acid groups (broad SMARTS) is 1. The predicted molar refractivity (Wildman–Crippen MR) is 79.6 cm³/mol.